The summed E-state index contributed by atoms with van der Waals surface area (Å²) in [7, 11) is 0. The fourth-order valence-corrected chi connectivity index (χ4v) is 4.63. The average molecular weight is 388 g/mol. The van der Waals surface area contributed by atoms with Crippen molar-refractivity contribution in [2.45, 2.75) is 30.0 Å². The number of carbonyl (C=O) groups is 1. The molecule has 0 aliphatic carbocycles. The molecule has 2 aliphatic heterocycles. The highest BCUT2D eigenvalue weighted by Gasteiger charge is 2.32. The highest BCUT2D eigenvalue weighted by Crippen LogP contribution is 2.28. The van der Waals surface area contributed by atoms with Gasteiger partial charge in [0.25, 0.3) is 5.91 Å². The summed E-state index contributed by atoms with van der Waals surface area (Å²) in [6.45, 7) is 7.68. The van der Waals surface area contributed by atoms with Gasteiger partial charge < -0.3 is 14.7 Å². The van der Waals surface area contributed by atoms with Gasteiger partial charge in [0.15, 0.2) is 5.82 Å². The van der Waals surface area contributed by atoms with E-state index in [0.717, 1.165) is 56.1 Å². The van der Waals surface area contributed by atoms with E-state index >= 15 is 0 Å². The molecular weight excluding hydrogens is 362 g/mol. The van der Waals surface area contributed by atoms with Gasteiger partial charge in [-0.3, -0.25) is 9.69 Å². The lowest BCUT2D eigenvalue weighted by molar-refractivity contribution is 0.0770. The summed E-state index contributed by atoms with van der Waals surface area (Å²) in [5.74, 6) is 1.90. The van der Waals surface area contributed by atoms with E-state index in [-0.39, 0.29) is 5.91 Å². The molecule has 27 heavy (non-hydrogen) atoms. The van der Waals surface area contributed by atoms with Gasteiger partial charge in [-0.05, 0) is 25.5 Å². The van der Waals surface area contributed by atoms with Crippen molar-refractivity contribution in [2.24, 2.45) is 0 Å². The molecule has 0 radical (unpaired) electrons. The number of aromatic nitrogens is 2. The number of rotatable bonds is 5. The molecule has 1 N–H and O–H groups in total. The molecule has 2 fully saturated rings. The van der Waals surface area contributed by atoms with Crippen molar-refractivity contribution >= 4 is 17.7 Å². The van der Waals surface area contributed by atoms with E-state index < -0.39 is 0 Å². The van der Waals surface area contributed by atoms with E-state index in [9.17, 15) is 4.79 Å². The third kappa shape index (κ3) is 4.34. The number of nitrogens with zero attached hydrogens (tertiary/aromatic N) is 4. The Labute approximate surface area is 163 Å². The standard InChI is InChI=1S/C19H25N5O2S/c1-14-21-18(26-22-14)13-27-17-5-3-2-4-16(17)19(25)24-9-6-15(12-24)23-10-7-20-8-11-23/h2-5,15,20H,6-13H2,1H3. The maximum atomic E-state index is 13.1. The van der Waals surface area contributed by atoms with E-state index in [1.54, 1.807) is 18.7 Å². The predicted octanol–water partition coefficient (Wildman–Crippen LogP) is 1.79. The number of benzene rings is 1. The van der Waals surface area contributed by atoms with Crippen LogP contribution >= 0.6 is 11.8 Å². The predicted molar refractivity (Wildman–Crippen MR) is 104 cm³/mol. The van der Waals surface area contributed by atoms with Gasteiger partial charge >= 0.3 is 0 Å². The molecule has 1 amide bonds. The molecule has 0 saturated carbocycles. The zero-order valence-corrected chi connectivity index (χ0v) is 16.4. The quantitative estimate of drug-likeness (QED) is 0.784. The molecule has 2 aliphatic rings. The molecule has 8 heteroatoms. The molecule has 2 saturated heterocycles. The molecule has 144 valence electrons. The normalized spacial score (nSPS) is 20.9. The number of amides is 1. The van der Waals surface area contributed by atoms with Gasteiger partial charge in [-0.25, -0.2) is 0 Å². The summed E-state index contributed by atoms with van der Waals surface area (Å²) < 4.78 is 5.18. The highest BCUT2D eigenvalue weighted by atomic mass is 32.2. The second-order valence-electron chi connectivity index (χ2n) is 7.00. The number of piperazine rings is 1. The van der Waals surface area contributed by atoms with E-state index in [0.29, 0.717) is 23.5 Å². The SMILES string of the molecule is Cc1noc(CSc2ccccc2C(=O)N2CCC(N3CCNCC3)C2)n1. The summed E-state index contributed by atoms with van der Waals surface area (Å²) in [6, 6.07) is 8.29. The molecule has 0 spiro atoms. The number of nitrogens with one attached hydrogen (secondary N) is 1. The fourth-order valence-electron chi connectivity index (χ4n) is 3.75. The number of hydrogen-bond donors (Lipinski definition) is 1. The van der Waals surface area contributed by atoms with Crippen LogP contribution in [-0.2, 0) is 5.75 Å². The zero-order chi connectivity index (χ0) is 18.6. The van der Waals surface area contributed by atoms with Crippen molar-refractivity contribution in [1.82, 2.24) is 25.3 Å². The van der Waals surface area contributed by atoms with E-state index in [4.69, 9.17) is 4.52 Å². The van der Waals surface area contributed by atoms with Crippen LogP contribution in [0.4, 0.5) is 0 Å². The Morgan fingerprint density at radius 1 is 1.30 bits per heavy atom. The number of thioether (sulfide) groups is 1. The maximum Gasteiger partial charge on any atom is 0.255 e. The summed E-state index contributed by atoms with van der Waals surface area (Å²) >= 11 is 1.57. The lowest BCUT2D eigenvalue weighted by Crippen LogP contribution is -2.49. The van der Waals surface area contributed by atoms with Crippen molar-refractivity contribution < 1.29 is 9.32 Å². The molecule has 7 nitrogen and oxygen atoms in total. The van der Waals surface area contributed by atoms with Crippen LogP contribution in [0.15, 0.2) is 33.7 Å². The largest absolute Gasteiger partial charge is 0.338 e. The molecule has 1 unspecified atom stereocenters. The Morgan fingerprint density at radius 2 is 2.11 bits per heavy atom. The minimum atomic E-state index is 0.123. The van der Waals surface area contributed by atoms with Crippen molar-refractivity contribution in [1.29, 1.82) is 0 Å². The van der Waals surface area contributed by atoms with Crippen LogP contribution in [0.2, 0.25) is 0 Å². The molecule has 4 rings (SSSR count). The summed E-state index contributed by atoms with van der Waals surface area (Å²) in [5.41, 5.74) is 0.764. The second kappa shape index (κ2) is 8.41. The lowest BCUT2D eigenvalue weighted by Gasteiger charge is -2.32. The summed E-state index contributed by atoms with van der Waals surface area (Å²) in [5, 5.41) is 7.21. The van der Waals surface area contributed by atoms with Crippen LogP contribution < -0.4 is 5.32 Å². The Balaban J connectivity index is 1.41. The van der Waals surface area contributed by atoms with E-state index in [1.165, 1.54) is 0 Å². The van der Waals surface area contributed by atoms with Crippen LogP contribution in [0, 0.1) is 6.92 Å². The van der Waals surface area contributed by atoms with Crippen molar-refractivity contribution in [3.63, 3.8) is 0 Å². The first-order valence-electron chi connectivity index (χ1n) is 9.46. The van der Waals surface area contributed by atoms with Crippen LogP contribution in [0.3, 0.4) is 0 Å². The fraction of sp³-hybridized carbons (Fsp3) is 0.526. The molecule has 1 aromatic carbocycles. The summed E-state index contributed by atoms with van der Waals surface area (Å²) in [6.07, 6.45) is 1.06. The highest BCUT2D eigenvalue weighted by molar-refractivity contribution is 7.98. The van der Waals surface area contributed by atoms with E-state index in [1.807, 2.05) is 29.2 Å². The van der Waals surface area contributed by atoms with Crippen LogP contribution in [0.25, 0.3) is 0 Å². The Morgan fingerprint density at radius 3 is 2.89 bits per heavy atom. The first-order chi connectivity index (χ1) is 13.2. The zero-order valence-electron chi connectivity index (χ0n) is 15.6. The van der Waals surface area contributed by atoms with Gasteiger partial charge in [0.2, 0.25) is 5.89 Å². The molecule has 1 atom stereocenters. The Hall–Kier alpha value is -1.90. The van der Waals surface area contributed by atoms with Gasteiger partial charge in [0, 0.05) is 50.2 Å². The van der Waals surface area contributed by atoms with E-state index in [2.05, 4.69) is 20.4 Å². The molecule has 1 aromatic heterocycles. The molecule has 0 bridgehead atoms. The van der Waals surface area contributed by atoms with Gasteiger partial charge in [0.1, 0.15) is 0 Å². The maximum absolute atomic E-state index is 13.1. The first kappa shape index (κ1) is 18.5. The Bertz CT molecular complexity index is 790. The third-order valence-electron chi connectivity index (χ3n) is 5.16. The van der Waals surface area contributed by atoms with Crippen molar-refractivity contribution in [3.8, 4) is 0 Å². The second-order valence-corrected chi connectivity index (χ2v) is 8.02. The van der Waals surface area contributed by atoms with Crippen LogP contribution in [0.5, 0.6) is 0 Å². The molecule has 2 aromatic rings. The monoisotopic (exact) mass is 387 g/mol. The minimum absolute atomic E-state index is 0.123. The minimum Gasteiger partial charge on any atom is -0.338 e. The number of hydrogen-bond acceptors (Lipinski definition) is 7. The lowest BCUT2D eigenvalue weighted by atomic mass is 10.2. The number of likely N-dealkylation sites (tertiary alicyclic amines) is 1. The van der Waals surface area contributed by atoms with Crippen LogP contribution in [-0.4, -0.2) is 71.2 Å². The van der Waals surface area contributed by atoms with Crippen molar-refractivity contribution in [2.75, 3.05) is 39.3 Å². The number of aryl methyl sites for hydroxylation is 1. The summed E-state index contributed by atoms with van der Waals surface area (Å²) in [4.78, 5) is 22.9. The molecular formula is C19H25N5O2S. The van der Waals surface area contributed by atoms with Gasteiger partial charge in [-0.1, -0.05) is 17.3 Å². The van der Waals surface area contributed by atoms with Gasteiger partial charge in [-0.15, -0.1) is 11.8 Å². The average Bonchev–Trinajstić information content (AvgIpc) is 3.36. The first-order valence-corrected chi connectivity index (χ1v) is 10.4. The van der Waals surface area contributed by atoms with Crippen LogP contribution in [0.1, 0.15) is 28.5 Å². The Kier molecular flexibility index (Phi) is 5.75. The topological polar surface area (TPSA) is 74.5 Å². The van der Waals surface area contributed by atoms with Gasteiger partial charge in [-0.2, -0.15) is 4.98 Å². The molecule has 3 heterocycles. The smallest absolute Gasteiger partial charge is 0.255 e. The van der Waals surface area contributed by atoms with Gasteiger partial charge in [0.05, 0.1) is 11.3 Å². The van der Waals surface area contributed by atoms with Crippen molar-refractivity contribution in [3.05, 3.63) is 41.5 Å². The third-order valence-corrected chi connectivity index (χ3v) is 6.22. The number of carbonyl (C=O) groups excluding carboxylic acids is 1.